The second-order valence-electron chi connectivity index (χ2n) is 22.9. The van der Waals surface area contributed by atoms with Crippen LogP contribution in [0.25, 0.3) is 44.5 Å². The van der Waals surface area contributed by atoms with E-state index in [1.165, 1.54) is 83.5 Å². The molecule has 5 aliphatic rings. The number of hydrogen-bond donors (Lipinski definition) is 0. The topological polar surface area (TPSA) is 21.7 Å². The van der Waals surface area contributed by atoms with E-state index >= 15 is 0 Å². The number of fused-ring (bicyclic) bond motifs is 21. The van der Waals surface area contributed by atoms with E-state index in [9.17, 15) is 0 Å². The molecule has 3 heteroatoms. The summed E-state index contributed by atoms with van der Waals surface area (Å²) in [7, 11) is 0. The molecule has 0 bridgehead atoms. The molecule has 13 aromatic rings. The van der Waals surface area contributed by atoms with Gasteiger partial charge in [-0.3, -0.25) is 0 Å². The molecule has 0 fully saturated rings. The summed E-state index contributed by atoms with van der Waals surface area (Å²) in [6.45, 7) is 0. The third-order valence-electron chi connectivity index (χ3n) is 19.1. The van der Waals surface area contributed by atoms with Crippen LogP contribution in [0.15, 0.2) is 309 Å². The Morgan fingerprint density at radius 3 is 1.04 bits per heavy atom. The van der Waals surface area contributed by atoms with Crippen LogP contribution in [0, 0.1) is 0 Å². The molecular weight excluding hydrogens is 1020 g/mol. The molecule has 2 heterocycles. The lowest BCUT2D eigenvalue weighted by Gasteiger charge is -2.39. The first kappa shape index (κ1) is 47.0. The van der Waals surface area contributed by atoms with Crippen LogP contribution in [0.3, 0.4) is 0 Å². The molecule has 0 amide bonds. The van der Waals surface area contributed by atoms with E-state index in [2.05, 4.69) is 314 Å². The number of rotatable bonds is 6. The van der Waals surface area contributed by atoms with Gasteiger partial charge in [-0.25, -0.2) is 0 Å². The lowest BCUT2D eigenvalue weighted by molar-refractivity contribution is 0.436. The standard InChI is InChI=1S/C81H51NO2/c1-3-22-53(23-4-1)79(54-24-5-2-6-25-54)64-30-10-7-26-59(64)61-48-46-56(50-72(61)79)82(57-47-49-62-60-27-8-11-31-65(60)81(73(62)51-57)69-35-15-19-40-76(69)84-77-41-20-16-36-70(77)81)55-44-42-52(43-45-55)58-29-21-37-71-78(58)63-28-9-12-32-66(63)80(71)67-33-13-17-38-74(67)83-75-39-18-14-34-68(75)80/h1-51H. The molecule has 0 atom stereocenters. The van der Waals surface area contributed by atoms with Gasteiger partial charge in [-0.05, 0) is 150 Å². The Bertz CT molecular complexity index is 4730. The van der Waals surface area contributed by atoms with Crippen molar-refractivity contribution in [3.05, 3.63) is 376 Å². The molecule has 2 spiro atoms. The lowest BCUT2D eigenvalue weighted by atomic mass is 9.66. The molecule has 392 valence electrons. The van der Waals surface area contributed by atoms with Gasteiger partial charge in [0.1, 0.15) is 23.0 Å². The summed E-state index contributed by atoms with van der Waals surface area (Å²) < 4.78 is 13.5. The van der Waals surface area contributed by atoms with Crippen molar-refractivity contribution in [3.63, 3.8) is 0 Å². The van der Waals surface area contributed by atoms with Crippen LogP contribution in [-0.4, -0.2) is 0 Å². The van der Waals surface area contributed by atoms with E-state index in [1.807, 2.05) is 0 Å². The minimum Gasteiger partial charge on any atom is -0.457 e. The Morgan fingerprint density at radius 1 is 0.214 bits per heavy atom. The molecule has 18 rings (SSSR count). The van der Waals surface area contributed by atoms with E-state index in [1.54, 1.807) is 0 Å². The Kier molecular flexibility index (Phi) is 9.86. The molecule has 13 aromatic carbocycles. The molecule has 3 nitrogen and oxygen atoms in total. The molecule has 84 heavy (non-hydrogen) atoms. The minimum atomic E-state index is -0.648. The van der Waals surface area contributed by atoms with Gasteiger partial charge in [0.25, 0.3) is 0 Å². The number of para-hydroxylation sites is 4. The first-order valence-corrected chi connectivity index (χ1v) is 29.1. The monoisotopic (exact) mass is 1070 g/mol. The number of nitrogens with zero attached hydrogens (tertiary/aromatic N) is 1. The average Bonchev–Trinajstić information content (AvgIpc) is 1.73. The summed E-state index contributed by atoms with van der Waals surface area (Å²) in [4.78, 5) is 2.50. The van der Waals surface area contributed by atoms with E-state index < -0.39 is 16.2 Å². The molecule has 0 N–H and O–H groups in total. The van der Waals surface area contributed by atoms with Crippen LogP contribution in [-0.2, 0) is 16.2 Å². The smallest absolute Gasteiger partial charge is 0.132 e. The van der Waals surface area contributed by atoms with Crippen LogP contribution in [0.2, 0.25) is 0 Å². The van der Waals surface area contributed by atoms with Crippen molar-refractivity contribution < 1.29 is 9.47 Å². The highest BCUT2D eigenvalue weighted by Crippen LogP contribution is 2.66. The fourth-order valence-electron chi connectivity index (χ4n) is 15.9. The Labute approximate surface area is 488 Å². The number of benzene rings is 13. The zero-order valence-corrected chi connectivity index (χ0v) is 45.7. The van der Waals surface area contributed by atoms with E-state index in [0.29, 0.717) is 0 Å². The molecule has 0 saturated carbocycles. The maximum atomic E-state index is 6.82. The van der Waals surface area contributed by atoms with Crippen molar-refractivity contribution in [1.82, 2.24) is 0 Å². The van der Waals surface area contributed by atoms with Crippen molar-refractivity contribution >= 4 is 17.1 Å². The Balaban J connectivity index is 0.872. The molecule has 0 aromatic heterocycles. The molecule has 0 saturated heterocycles. The summed E-state index contributed by atoms with van der Waals surface area (Å²) in [5, 5.41) is 0. The quantitative estimate of drug-likeness (QED) is 0.166. The van der Waals surface area contributed by atoms with Gasteiger partial charge in [0, 0.05) is 39.3 Å². The van der Waals surface area contributed by atoms with Crippen LogP contribution < -0.4 is 14.4 Å². The molecule has 2 aliphatic heterocycles. The summed E-state index contributed by atoms with van der Waals surface area (Å²) in [6.07, 6.45) is 0. The minimum absolute atomic E-state index is 0.567. The second-order valence-corrected chi connectivity index (χ2v) is 22.9. The lowest BCUT2D eigenvalue weighted by Crippen LogP contribution is -2.32. The Morgan fingerprint density at radius 2 is 0.548 bits per heavy atom. The van der Waals surface area contributed by atoms with E-state index in [0.717, 1.165) is 67.9 Å². The molecule has 0 radical (unpaired) electrons. The summed E-state index contributed by atoms with van der Waals surface area (Å²) in [6, 6.07) is 114. The van der Waals surface area contributed by atoms with Crippen molar-refractivity contribution in [2.75, 3.05) is 4.90 Å². The summed E-state index contributed by atoms with van der Waals surface area (Å²) in [5.74, 6) is 3.53. The summed E-state index contributed by atoms with van der Waals surface area (Å²) >= 11 is 0. The SMILES string of the molecule is c1ccc(C2(c3ccccc3)c3ccccc3-c3ccc(N(c4ccc(-c5cccc6c5-c5ccccc5C65c6ccccc6Oc6ccccc65)cc4)c4ccc5c(c4)C4(c6ccccc6Oc6ccccc64)c4ccccc4-5)cc32)cc1. The van der Waals surface area contributed by atoms with Gasteiger partial charge >= 0.3 is 0 Å². The predicted molar refractivity (Wildman–Crippen MR) is 339 cm³/mol. The second kappa shape index (κ2) is 17.6. The third kappa shape index (κ3) is 6.09. The molecular formula is C81H51NO2. The van der Waals surface area contributed by atoms with Gasteiger partial charge in [0.2, 0.25) is 0 Å². The van der Waals surface area contributed by atoms with Crippen molar-refractivity contribution in [3.8, 4) is 67.5 Å². The van der Waals surface area contributed by atoms with Gasteiger partial charge in [-0.2, -0.15) is 0 Å². The van der Waals surface area contributed by atoms with Crippen LogP contribution in [0.1, 0.15) is 66.8 Å². The fraction of sp³-hybridized carbons (Fsp3) is 0.0370. The fourth-order valence-corrected chi connectivity index (χ4v) is 15.9. The third-order valence-corrected chi connectivity index (χ3v) is 19.1. The molecule has 0 unspecified atom stereocenters. The number of hydrogen-bond acceptors (Lipinski definition) is 3. The first-order valence-electron chi connectivity index (χ1n) is 29.1. The largest absolute Gasteiger partial charge is 0.457 e. The van der Waals surface area contributed by atoms with Crippen molar-refractivity contribution in [1.29, 1.82) is 0 Å². The predicted octanol–water partition coefficient (Wildman–Crippen LogP) is 20.1. The van der Waals surface area contributed by atoms with Crippen LogP contribution >= 0.6 is 0 Å². The average molecular weight is 1070 g/mol. The zero-order chi connectivity index (χ0) is 55.1. The Hall–Kier alpha value is -10.7. The normalized spacial score (nSPS) is 14.7. The summed E-state index contributed by atoms with van der Waals surface area (Å²) in [5.41, 5.74) is 25.8. The highest BCUT2D eigenvalue weighted by molar-refractivity contribution is 5.98. The van der Waals surface area contributed by atoms with Crippen molar-refractivity contribution in [2.24, 2.45) is 0 Å². The van der Waals surface area contributed by atoms with Crippen molar-refractivity contribution in [2.45, 2.75) is 16.2 Å². The van der Waals surface area contributed by atoms with Gasteiger partial charge in [0.05, 0.1) is 16.2 Å². The van der Waals surface area contributed by atoms with Crippen LogP contribution in [0.4, 0.5) is 17.1 Å². The van der Waals surface area contributed by atoms with E-state index in [-0.39, 0.29) is 0 Å². The first-order chi connectivity index (χ1) is 41.7. The van der Waals surface area contributed by atoms with Gasteiger partial charge in [-0.1, -0.05) is 249 Å². The van der Waals surface area contributed by atoms with Crippen LogP contribution in [0.5, 0.6) is 23.0 Å². The highest BCUT2D eigenvalue weighted by atomic mass is 16.5. The van der Waals surface area contributed by atoms with E-state index in [4.69, 9.17) is 9.47 Å². The number of anilines is 3. The maximum Gasteiger partial charge on any atom is 0.132 e. The maximum absolute atomic E-state index is 6.82. The zero-order valence-electron chi connectivity index (χ0n) is 45.7. The van der Waals surface area contributed by atoms with Gasteiger partial charge < -0.3 is 14.4 Å². The van der Waals surface area contributed by atoms with Gasteiger partial charge in [-0.15, -0.1) is 0 Å². The highest BCUT2D eigenvalue weighted by Gasteiger charge is 2.53. The number of ether oxygens (including phenoxy) is 2. The molecule has 3 aliphatic carbocycles. The van der Waals surface area contributed by atoms with Gasteiger partial charge in [0.15, 0.2) is 0 Å².